The minimum absolute atomic E-state index is 0.437. The summed E-state index contributed by atoms with van der Waals surface area (Å²) in [5, 5.41) is 10.6. The predicted molar refractivity (Wildman–Crippen MR) is 106 cm³/mol. The standard InChI is InChI=1S/C23H32O2/c1-6-9-10-25-23-19(8-3)12-17(5)14-21(23)15-20-13-16(4)11-18(7-2)22(20)24/h11-14,24H,6-10,15H2,1-5H3. The molecule has 0 aliphatic carbocycles. The molecule has 2 nitrogen and oxygen atoms in total. The lowest BCUT2D eigenvalue weighted by Gasteiger charge is -2.18. The minimum Gasteiger partial charge on any atom is -0.507 e. The van der Waals surface area contributed by atoms with E-state index >= 15 is 0 Å². The van der Waals surface area contributed by atoms with Gasteiger partial charge < -0.3 is 9.84 Å². The first-order valence-corrected chi connectivity index (χ1v) is 9.56. The Balaban J connectivity index is 2.44. The molecule has 136 valence electrons. The smallest absolute Gasteiger partial charge is 0.126 e. The van der Waals surface area contributed by atoms with Gasteiger partial charge in [0.1, 0.15) is 11.5 Å². The Hall–Kier alpha value is -1.96. The van der Waals surface area contributed by atoms with Crippen molar-refractivity contribution in [1.29, 1.82) is 0 Å². The molecule has 0 saturated heterocycles. The van der Waals surface area contributed by atoms with Gasteiger partial charge in [0, 0.05) is 6.42 Å². The topological polar surface area (TPSA) is 29.5 Å². The summed E-state index contributed by atoms with van der Waals surface area (Å²) in [7, 11) is 0. The van der Waals surface area contributed by atoms with Gasteiger partial charge in [-0.15, -0.1) is 0 Å². The summed E-state index contributed by atoms with van der Waals surface area (Å²) in [5.41, 5.74) is 6.89. The van der Waals surface area contributed by atoms with E-state index in [2.05, 4.69) is 58.9 Å². The SMILES string of the molecule is CCCCOc1c(CC)cc(C)cc1Cc1cc(C)cc(CC)c1O. The Bertz CT molecular complexity index is 717. The average molecular weight is 341 g/mol. The molecule has 0 aliphatic rings. The third kappa shape index (κ3) is 4.78. The Labute approximate surface area is 152 Å². The van der Waals surface area contributed by atoms with E-state index in [1.54, 1.807) is 0 Å². The maximum absolute atomic E-state index is 10.6. The Morgan fingerprint density at radius 2 is 1.36 bits per heavy atom. The number of phenols is 1. The van der Waals surface area contributed by atoms with Crippen LogP contribution in [-0.4, -0.2) is 11.7 Å². The van der Waals surface area contributed by atoms with Crippen LogP contribution in [0, 0.1) is 13.8 Å². The van der Waals surface area contributed by atoms with Gasteiger partial charge in [-0.25, -0.2) is 0 Å². The zero-order chi connectivity index (χ0) is 18.4. The number of rotatable bonds is 8. The Kier molecular flexibility index (Phi) is 6.92. The van der Waals surface area contributed by atoms with Gasteiger partial charge in [0.2, 0.25) is 0 Å². The van der Waals surface area contributed by atoms with Gasteiger partial charge in [-0.3, -0.25) is 0 Å². The summed E-state index contributed by atoms with van der Waals surface area (Å²) in [5.74, 6) is 1.45. The summed E-state index contributed by atoms with van der Waals surface area (Å²) in [4.78, 5) is 0. The molecule has 2 heteroatoms. The summed E-state index contributed by atoms with van der Waals surface area (Å²) in [6.45, 7) is 11.4. The summed E-state index contributed by atoms with van der Waals surface area (Å²) in [6, 6.07) is 8.59. The molecule has 25 heavy (non-hydrogen) atoms. The maximum Gasteiger partial charge on any atom is 0.126 e. The van der Waals surface area contributed by atoms with Crippen molar-refractivity contribution in [2.75, 3.05) is 6.61 Å². The predicted octanol–water partition coefficient (Wildman–Crippen LogP) is 5.90. The summed E-state index contributed by atoms with van der Waals surface area (Å²) in [6.07, 6.45) is 4.69. The highest BCUT2D eigenvalue weighted by Gasteiger charge is 2.15. The third-order valence-electron chi connectivity index (χ3n) is 4.69. The third-order valence-corrected chi connectivity index (χ3v) is 4.69. The number of unbranched alkanes of at least 4 members (excludes halogenated alkanes) is 1. The highest BCUT2D eigenvalue weighted by Crippen LogP contribution is 2.33. The molecule has 0 unspecified atom stereocenters. The van der Waals surface area contributed by atoms with E-state index < -0.39 is 0 Å². The van der Waals surface area contributed by atoms with Crippen molar-refractivity contribution in [3.05, 3.63) is 57.6 Å². The van der Waals surface area contributed by atoms with Crippen LogP contribution in [0.25, 0.3) is 0 Å². The molecule has 2 rings (SSSR count). The number of hydrogen-bond acceptors (Lipinski definition) is 2. The number of hydrogen-bond donors (Lipinski definition) is 1. The first-order valence-electron chi connectivity index (χ1n) is 9.56. The lowest BCUT2D eigenvalue weighted by Crippen LogP contribution is -2.05. The van der Waals surface area contributed by atoms with Crippen molar-refractivity contribution >= 4 is 0 Å². The number of aromatic hydroxyl groups is 1. The quantitative estimate of drug-likeness (QED) is 0.606. The second kappa shape index (κ2) is 8.94. The van der Waals surface area contributed by atoms with E-state index in [-0.39, 0.29) is 0 Å². The molecular formula is C23H32O2. The number of benzene rings is 2. The molecule has 1 N–H and O–H groups in total. The molecular weight excluding hydrogens is 308 g/mol. The maximum atomic E-state index is 10.6. The van der Waals surface area contributed by atoms with Crippen LogP contribution in [-0.2, 0) is 19.3 Å². The summed E-state index contributed by atoms with van der Waals surface area (Å²) >= 11 is 0. The highest BCUT2D eigenvalue weighted by atomic mass is 16.5. The minimum atomic E-state index is 0.437. The first-order chi connectivity index (χ1) is 12.0. The fourth-order valence-electron chi connectivity index (χ4n) is 3.37. The van der Waals surface area contributed by atoms with Gasteiger partial charge >= 0.3 is 0 Å². The summed E-state index contributed by atoms with van der Waals surface area (Å²) < 4.78 is 6.17. The van der Waals surface area contributed by atoms with Crippen LogP contribution in [0.5, 0.6) is 11.5 Å². The van der Waals surface area contributed by atoms with Crippen molar-refractivity contribution in [3.8, 4) is 11.5 Å². The van der Waals surface area contributed by atoms with Crippen LogP contribution in [0.15, 0.2) is 24.3 Å². The van der Waals surface area contributed by atoms with Crippen LogP contribution >= 0.6 is 0 Å². The molecule has 0 heterocycles. The highest BCUT2D eigenvalue weighted by molar-refractivity contribution is 5.51. The van der Waals surface area contributed by atoms with Crippen LogP contribution in [0.3, 0.4) is 0 Å². The lowest BCUT2D eigenvalue weighted by atomic mass is 9.94. The van der Waals surface area contributed by atoms with Crippen molar-refractivity contribution in [2.24, 2.45) is 0 Å². The average Bonchev–Trinajstić information content (AvgIpc) is 2.59. The fourth-order valence-corrected chi connectivity index (χ4v) is 3.37. The molecule has 0 atom stereocenters. The van der Waals surface area contributed by atoms with E-state index in [1.807, 2.05) is 0 Å². The molecule has 0 aromatic heterocycles. The monoisotopic (exact) mass is 340 g/mol. The van der Waals surface area contributed by atoms with Gasteiger partial charge in [-0.05, 0) is 55.4 Å². The zero-order valence-corrected chi connectivity index (χ0v) is 16.4. The van der Waals surface area contributed by atoms with Gasteiger partial charge in [-0.2, -0.15) is 0 Å². The van der Waals surface area contributed by atoms with Crippen molar-refractivity contribution in [2.45, 2.75) is 66.7 Å². The van der Waals surface area contributed by atoms with E-state index in [1.165, 1.54) is 22.3 Å². The van der Waals surface area contributed by atoms with Crippen LogP contribution in [0.2, 0.25) is 0 Å². The molecule has 0 amide bonds. The van der Waals surface area contributed by atoms with Crippen LogP contribution in [0.1, 0.15) is 67.0 Å². The van der Waals surface area contributed by atoms with Crippen LogP contribution in [0.4, 0.5) is 0 Å². The molecule has 0 radical (unpaired) electrons. The largest absolute Gasteiger partial charge is 0.507 e. The number of ether oxygens (including phenoxy) is 1. The second-order valence-corrected chi connectivity index (χ2v) is 6.93. The molecule has 0 fully saturated rings. The lowest BCUT2D eigenvalue weighted by molar-refractivity contribution is 0.303. The van der Waals surface area contributed by atoms with Gasteiger partial charge in [-0.1, -0.05) is 62.6 Å². The molecule has 0 spiro atoms. The molecule has 2 aromatic carbocycles. The molecule has 0 aliphatic heterocycles. The van der Waals surface area contributed by atoms with E-state index in [0.717, 1.165) is 49.2 Å². The Morgan fingerprint density at radius 3 is 1.96 bits per heavy atom. The van der Waals surface area contributed by atoms with Crippen molar-refractivity contribution in [3.63, 3.8) is 0 Å². The second-order valence-electron chi connectivity index (χ2n) is 6.93. The molecule has 0 saturated carbocycles. The van der Waals surface area contributed by atoms with Crippen LogP contribution < -0.4 is 4.74 Å². The van der Waals surface area contributed by atoms with Gasteiger partial charge in [0.05, 0.1) is 6.61 Å². The zero-order valence-electron chi connectivity index (χ0n) is 16.4. The number of aryl methyl sites for hydroxylation is 4. The van der Waals surface area contributed by atoms with Gasteiger partial charge in [0.25, 0.3) is 0 Å². The Morgan fingerprint density at radius 1 is 0.800 bits per heavy atom. The number of phenolic OH excluding ortho intramolecular Hbond substituents is 1. The van der Waals surface area contributed by atoms with Crippen molar-refractivity contribution in [1.82, 2.24) is 0 Å². The fraction of sp³-hybridized carbons (Fsp3) is 0.478. The first kappa shape index (κ1) is 19.4. The molecule has 0 bridgehead atoms. The van der Waals surface area contributed by atoms with Crippen molar-refractivity contribution < 1.29 is 9.84 Å². The van der Waals surface area contributed by atoms with E-state index in [0.29, 0.717) is 12.2 Å². The van der Waals surface area contributed by atoms with E-state index in [4.69, 9.17) is 4.74 Å². The van der Waals surface area contributed by atoms with E-state index in [9.17, 15) is 5.11 Å². The normalized spacial score (nSPS) is 10.9. The molecule has 2 aromatic rings. The van der Waals surface area contributed by atoms with Gasteiger partial charge in [0.15, 0.2) is 0 Å².